The van der Waals surface area contributed by atoms with Gasteiger partial charge >= 0.3 is 0 Å². The van der Waals surface area contributed by atoms with Crippen molar-refractivity contribution in [1.29, 1.82) is 0 Å². The van der Waals surface area contributed by atoms with Crippen LogP contribution < -0.4 is 5.32 Å². The lowest BCUT2D eigenvalue weighted by Crippen LogP contribution is -2.28. The SMILES string of the molecule is CCCCCCCCn1c(C(C)NC(=O)c2ccc(Br)cc2)nc2ccccc21. The van der Waals surface area contributed by atoms with E-state index in [9.17, 15) is 4.79 Å². The van der Waals surface area contributed by atoms with Gasteiger partial charge in [-0.2, -0.15) is 0 Å². The van der Waals surface area contributed by atoms with E-state index in [0.29, 0.717) is 5.56 Å². The van der Waals surface area contributed by atoms with Crippen LogP contribution >= 0.6 is 15.9 Å². The third-order valence-electron chi connectivity index (χ3n) is 5.26. The van der Waals surface area contributed by atoms with E-state index in [1.807, 2.05) is 43.3 Å². The number of carbonyl (C=O) groups is 1. The molecule has 0 aliphatic carbocycles. The van der Waals surface area contributed by atoms with Gasteiger partial charge in [0.2, 0.25) is 0 Å². The summed E-state index contributed by atoms with van der Waals surface area (Å²) in [5.41, 5.74) is 2.78. The van der Waals surface area contributed by atoms with Gasteiger partial charge in [-0.3, -0.25) is 4.79 Å². The van der Waals surface area contributed by atoms with Crippen molar-refractivity contribution in [2.75, 3.05) is 0 Å². The zero-order chi connectivity index (χ0) is 20.6. The maximum Gasteiger partial charge on any atom is 0.251 e. The van der Waals surface area contributed by atoms with E-state index in [-0.39, 0.29) is 11.9 Å². The molecule has 3 rings (SSSR count). The minimum Gasteiger partial charge on any atom is -0.342 e. The zero-order valence-corrected chi connectivity index (χ0v) is 18.9. The number of para-hydroxylation sites is 2. The zero-order valence-electron chi connectivity index (χ0n) is 17.3. The number of nitrogens with one attached hydrogen (secondary N) is 1. The Balaban J connectivity index is 1.73. The number of aromatic nitrogens is 2. The van der Waals surface area contributed by atoms with Crippen LogP contribution in [0.4, 0.5) is 0 Å². The molecule has 29 heavy (non-hydrogen) atoms. The van der Waals surface area contributed by atoms with Crippen molar-refractivity contribution in [2.24, 2.45) is 0 Å². The summed E-state index contributed by atoms with van der Waals surface area (Å²) in [7, 11) is 0. The van der Waals surface area contributed by atoms with Crippen LogP contribution in [0.3, 0.4) is 0 Å². The molecule has 0 spiro atoms. The molecular formula is C24H30BrN3O. The summed E-state index contributed by atoms with van der Waals surface area (Å²) < 4.78 is 3.24. The second-order valence-electron chi connectivity index (χ2n) is 7.58. The second kappa shape index (κ2) is 10.6. The average Bonchev–Trinajstić information content (AvgIpc) is 3.10. The van der Waals surface area contributed by atoms with Crippen LogP contribution in [0.2, 0.25) is 0 Å². The first-order valence-corrected chi connectivity index (χ1v) is 11.4. The Morgan fingerprint density at radius 1 is 1.03 bits per heavy atom. The summed E-state index contributed by atoms with van der Waals surface area (Å²) in [5, 5.41) is 3.11. The lowest BCUT2D eigenvalue weighted by molar-refractivity contribution is 0.0937. The number of fused-ring (bicyclic) bond motifs is 1. The van der Waals surface area contributed by atoms with Gasteiger partial charge in [0.1, 0.15) is 5.82 Å². The molecule has 1 aromatic heterocycles. The Kier molecular flexibility index (Phi) is 7.87. The average molecular weight is 456 g/mol. The van der Waals surface area contributed by atoms with Gasteiger partial charge in [0.15, 0.2) is 0 Å². The predicted octanol–water partition coefficient (Wildman–Crippen LogP) is 6.65. The monoisotopic (exact) mass is 455 g/mol. The fourth-order valence-electron chi connectivity index (χ4n) is 3.66. The molecule has 1 unspecified atom stereocenters. The molecule has 1 amide bonds. The fraction of sp³-hybridized carbons (Fsp3) is 0.417. The molecule has 0 aliphatic heterocycles. The molecule has 4 nitrogen and oxygen atoms in total. The van der Waals surface area contributed by atoms with E-state index >= 15 is 0 Å². The highest BCUT2D eigenvalue weighted by atomic mass is 79.9. The fourth-order valence-corrected chi connectivity index (χ4v) is 3.92. The van der Waals surface area contributed by atoms with E-state index in [1.165, 1.54) is 32.1 Å². The van der Waals surface area contributed by atoms with Crippen LogP contribution in [-0.4, -0.2) is 15.5 Å². The summed E-state index contributed by atoms with van der Waals surface area (Å²) >= 11 is 3.41. The van der Waals surface area contributed by atoms with Gasteiger partial charge in [0.25, 0.3) is 5.91 Å². The summed E-state index contributed by atoms with van der Waals surface area (Å²) in [6, 6.07) is 15.5. The second-order valence-corrected chi connectivity index (χ2v) is 8.50. The van der Waals surface area contributed by atoms with Crippen molar-refractivity contribution in [3.63, 3.8) is 0 Å². The number of amides is 1. The largest absolute Gasteiger partial charge is 0.342 e. The maximum atomic E-state index is 12.7. The Labute approximate surface area is 181 Å². The lowest BCUT2D eigenvalue weighted by Gasteiger charge is -2.16. The number of halogens is 1. The highest BCUT2D eigenvalue weighted by Crippen LogP contribution is 2.22. The molecule has 1 atom stereocenters. The van der Waals surface area contributed by atoms with Gasteiger partial charge in [-0.1, -0.05) is 67.1 Å². The van der Waals surface area contributed by atoms with E-state index in [1.54, 1.807) is 0 Å². The summed E-state index contributed by atoms with van der Waals surface area (Å²) in [4.78, 5) is 17.5. The number of aryl methyl sites for hydroxylation is 1. The number of unbranched alkanes of at least 4 members (excludes halogenated alkanes) is 5. The first-order valence-electron chi connectivity index (χ1n) is 10.6. The number of carbonyl (C=O) groups excluding carboxylic acids is 1. The third kappa shape index (κ3) is 5.69. The van der Waals surface area contributed by atoms with Crippen molar-refractivity contribution < 1.29 is 4.79 Å². The van der Waals surface area contributed by atoms with Crippen LogP contribution in [0.15, 0.2) is 53.0 Å². The molecule has 3 aromatic rings. The summed E-state index contributed by atoms with van der Waals surface area (Å²) in [6.45, 7) is 5.18. The van der Waals surface area contributed by atoms with Crippen molar-refractivity contribution >= 4 is 32.9 Å². The highest BCUT2D eigenvalue weighted by Gasteiger charge is 2.19. The third-order valence-corrected chi connectivity index (χ3v) is 5.79. The van der Waals surface area contributed by atoms with E-state index in [2.05, 4.69) is 44.9 Å². The normalized spacial score (nSPS) is 12.2. The standard InChI is InChI=1S/C24H30BrN3O/c1-3-4-5-6-7-10-17-28-22-12-9-8-11-21(22)27-23(28)18(2)26-24(29)19-13-15-20(25)16-14-19/h8-9,11-16,18H,3-7,10,17H2,1-2H3,(H,26,29). The van der Waals surface area contributed by atoms with Crippen molar-refractivity contribution in [1.82, 2.24) is 14.9 Å². The first-order chi connectivity index (χ1) is 14.1. The lowest BCUT2D eigenvalue weighted by atomic mass is 10.1. The smallest absolute Gasteiger partial charge is 0.251 e. The van der Waals surface area contributed by atoms with Gasteiger partial charge in [-0.15, -0.1) is 0 Å². The number of imidazole rings is 1. The molecule has 1 heterocycles. The quantitative estimate of drug-likeness (QED) is 0.347. The van der Waals surface area contributed by atoms with E-state index in [0.717, 1.165) is 34.3 Å². The highest BCUT2D eigenvalue weighted by molar-refractivity contribution is 9.10. The first kappa shape index (κ1) is 21.6. The molecule has 2 aromatic carbocycles. The summed E-state index contributed by atoms with van der Waals surface area (Å²) in [6.07, 6.45) is 7.54. The molecule has 1 N–H and O–H groups in total. The molecule has 0 bridgehead atoms. The molecule has 0 aliphatic rings. The van der Waals surface area contributed by atoms with Crippen LogP contribution in [0.1, 0.15) is 74.6 Å². The van der Waals surface area contributed by atoms with Gasteiger partial charge in [0.05, 0.1) is 17.1 Å². The van der Waals surface area contributed by atoms with Crippen molar-refractivity contribution in [2.45, 2.75) is 65.0 Å². The number of hydrogen-bond acceptors (Lipinski definition) is 2. The minimum atomic E-state index is -0.168. The molecule has 154 valence electrons. The molecule has 0 saturated carbocycles. The Hall–Kier alpha value is -2.14. The Bertz CT molecular complexity index is 933. The Morgan fingerprint density at radius 3 is 2.48 bits per heavy atom. The van der Waals surface area contributed by atoms with Crippen molar-refractivity contribution in [3.8, 4) is 0 Å². The van der Waals surface area contributed by atoms with Gasteiger partial charge in [0, 0.05) is 16.6 Å². The molecule has 5 heteroatoms. The topological polar surface area (TPSA) is 46.9 Å². The van der Waals surface area contributed by atoms with E-state index < -0.39 is 0 Å². The van der Waals surface area contributed by atoms with Gasteiger partial charge in [-0.05, 0) is 49.7 Å². The molecule has 0 saturated heterocycles. The number of rotatable bonds is 10. The van der Waals surface area contributed by atoms with Gasteiger partial charge in [-0.25, -0.2) is 4.98 Å². The maximum absolute atomic E-state index is 12.7. The summed E-state index contributed by atoms with van der Waals surface area (Å²) in [5.74, 6) is 0.841. The molecule has 0 fully saturated rings. The number of hydrogen-bond donors (Lipinski definition) is 1. The Morgan fingerprint density at radius 2 is 1.72 bits per heavy atom. The number of benzene rings is 2. The van der Waals surface area contributed by atoms with Crippen LogP contribution in [0.5, 0.6) is 0 Å². The molecular weight excluding hydrogens is 426 g/mol. The van der Waals surface area contributed by atoms with E-state index in [4.69, 9.17) is 4.98 Å². The van der Waals surface area contributed by atoms with Crippen molar-refractivity contribution in [3.05, 3.63) is 64.4 Å². The van der Waals surface area contributed by atoms with Crippen LogP contribution in [-0.2, 0) is 6.54 Å². The van der Waals surface area contributed by atoms with Crippen LogP contribution in [0.25, 0.3) is 11.0 Å². The number of nitrogens with zero attached hydrogens (tertiary/aromatic N) is 2. The molecule has 0 radical (unpaired) electrons. The van der Waals surface area contributed by atoms with Gasteiger partial charge < -0.3 is 9.88 Å². The minimum absolute atomic E-state index is 0.0804. The van der Waals surface area contributed by atoms with Crippen LogP contribution in [0, 0.1) is 0 Å². The predicted molar refractivity (Wildman–Crippen MR) is 123 cm³/mol.